The van der Waals surface area contributed by atoms with Crippen LogP contribution in [0.1, 0.15) is 38.9 Å². The van der Waals surface area contributed by atoms with Gasteiger partial charge in [0.25, 0.3) is 0 Å². The highest BCUT2D eigenvalue weighted by atomic mass is 14.6. The second-order valence-electron chi connectivity index (χ2n) is 10.3. The molecule has 1 aliphatic carbocycles. The van der Waals surface area contributed by atoms with Gasteiger partial charge >= 0.3 is 0 Å². The Kier molecular flexibility index (Phi) is 3.88. The number of hydrogen-bond donors (Lipinski definition) is 0. The molecule has 0 N–H and O–H groups in total. The quantitative estimate of drug-likeness (QED) is 0.351. The third-order valence-corrected chi connectivity index (χ3v) is 8.42. The molecule has 0 saturated heterocycles. The summed E-state index contributed by atoms with van der Waals surface area (Å²) in [6, 6.07) is 23.0. The van der Waals surface area contributed by atoms with Crippen LogP contribution in [0, 0.1) is 6.92 Å². The van der Waals surface area contributed by atoms with E-state index in [1.54, 1.807) is 0 Å². The van der Waals surface area contributed by atoms with Crippen LogP contribution in [-0.2, 0) is 19.3 Å². The highest BCUT2D eigenvalue weighted by Gasteiger charge is 2.37. The van der Waals surface area contributed by atoms with E-state index in [4.69, 9.17) is 0 Å². The maximum Gasteiger partial charge on any atom is 0.246 e. The molecule has 0 bridgehead atoms. The van der Waals surface area contributed by atoms with Gasteiger partial charge in [0, 0.05) is 24.8 Å². The van der Waals surface area contributed by atoms with Crippen molar-refractivity contribution in [3.8, 4) is 22.3 Å². The molecule has 2 nitrogen and oxygen atoms in total. The van der Waals surface area contributed by atoms with Crippen molar-refractivity contribution in [3.63, 3.8) is 0 Å². The largest absolute Gasteiger partial charge is 0.265 e. The Balaban J connectivity index is 1.38. The fourth-order valence-electron chi connectivity index (χ4n) is 6.87. The molecule has 35 heavy (non-hydrogen) atoms. The number of benzene rings is 3. The van der Waals surface area contributed by atoms with Crippen LogP contribution >= 0.6 is 0 Å². The summed E-state index contributed by atoms with van der Waals surface area (Å²) in [7, 11) is 0. The number of aryl methyl sites for hydroxylation is 1. The average molecular weight is 446 g/mol. The van der Waals surface area contributed by atoms with E-state index in [0.717, 1.165) is 19.3 Å². The summed E-state index contributed by atoms with van der Waals surface area (Å²) in [5.41, 5.74) is 19.7. The van der Waals surface area contributed by atoms with Gasteiger partial charge < -0.3 is 0 Å². The Bertz CT molecular complexity index is 1630. The lowest BCUT2D eigenvalue weighted by Crippen LogP contribution is -2.61. The number of pyridine rings is 2. The molecular formula is C32H23BN2. The predicted molar refractivity (Wildman–Crippen MR) is 144 cm³/mol. The molecule has 2 aromatic heterocycles. The van der Waals surface area contributed by atoms with Gasteiger partial charge in [-0.25, -0.2) is 0 Å². The zero-order valence-electron chi connectivity index (χ0n) is 19.7. The Hall–Kier alpha value is -3.98. The van der Waals surface area contributed by atoms with Gasteiger partial charge in [-0.05, 0) is 110 Å². The lowest BCUT2D eigenvalue weighted by Gasteiger charge is -2.34. The highest BCUT2D eigenvalue weighted by Crippen LogP contribution is 2.44. The smallest absolute Gasteiger partial charge is 0.246 e. The van der Waals surface area contributed by atoms with Crippen molar-refractivity contribution in [1.29, 1.82) is 0 Å². The van der Waals surface area contributed by atoms with Crippen LogP contribution in [0.5, 0.6) is 0 Å². The van der Waals surface area contributed by atoms with E-state index in [1.807, 2.05) is 12.4 Å². The molecule has 0 atom stereocenters. The Morgan fingerprint density at radius 2 is 1.31 bits per heavy atom. The van der Waals surface area contributed by atoms with E-state index in [0.29, 0.717) is 0 Å². The van der Waals surface area contributed by atoms with Crippen LogP contribution in [0.4, 0.5) is 0 Å². The van der Waals surface area contributed by atoms with Gasteiger partial charge in [-0.1, -0.05) is 54.0 Å². The molecule has 0 fully saturated rings. The Morgan fingerprint density at radius 3 is 2.03 bits per heavy atom. The van der Waals surface area contributed by atoms with Crippen LogP contribution < -0.4 is 16.4 Å². The monoisotopic (exact) mass is 446 g/mol. The first kappa shape index (κ1) is 19.3. The zero-order valence-corrected chi connectivity index (χ0v) is 19.7. The Labute approximate surface area is 205 Å². The summed E-state index contributed by atoms with van der Waals surface area (Å²) in [6.07, 6.45) is 11.0. The van der Waals surface area contributed by atoms with E-state index in [1.165, 1.54) is 77.6 Å². The highest BCUT2D eigenvalue weighted by molar-refractivity contribution is 6.97. The summed E-state index contributed by atoms with van der Waals surface area (Å²) < 4.78 is 0. The van der Waals surface area contributed by atoms with Crippen LogP contribution in [0.3, 0.4) is 0 Å². The summed E-state index contributed by atoms with van der Waals surface area (Å²) >= 11 is 0. The van der Waals surface area contributed by atoms with Gasteiger partial charge in [0.2, 0.25) is 6.71 Å². The first-order chi connectivity index (χ1) is 17.3. The van der Waals surface area contributed by atoms with Crippen molar-refractivity contribution in [2.24, 2.45) is 0 Å². The molecule has 0 unspecified atom stereocenters. The topological polar surface area (TPSA) is 25.8 Å². The molecule has 3 aromatic carbocycles. The number of hydrogen-bond acceptors (Lipinski definition) is 2. The molecule has 0 amide bonds. The minimum absolute atomic E-state index is 0.230. The van der Waals surface area contributed by atoms with Gasteiger partial charge in [0.05, 0.1) is 0 Å². The van der Waals surface area contributed by atoms with Gasteiger partial charge in [-0.15, -0.1) is 0 Å². The summed E-state index contributed by atoms with van der Waals surface area (Å²) in [6.45, 7) is 2.47. The summed E-state index contributed by atoms with van der Waals surface area (Å²) in [4.78, 5) is 9.02. The van der Waals surface area contributed by atoms with Gasteiger partial charge in [-0.3, -0.25) is 9.97 Å². The molecule has 164 valence electrons. The van der Waals surface area contributed by atoms with Crippen LogP contribution in [0.2, 0.25) is 0 Å². The van der Waals surface area contributed by atoms with Crippen molar-refractivity contribution in [3.05, 3.63) is 124 Å². The predicted octanol–water partition coefficient (Wildman–Crippen LogP) is 4.35. The van der Waals surface area contributed by atoms with Crippen molar-refractivity contribution >= 4 is 23.1 Å². The molecular weight excluding hydrogens is 423 g/mol. The molecule has 4 heterocycles. The molecule has 0 saturated carbocycles. The minimum Gasteiger partial charge on any atom is -0.265 e. The van der Waals surface area contributed by atoms with Crippen LogP contribution in [0.15, 0.2) is 85.5 Å². The van der Waals surface area contributed by atoms with E-state index in [-0.39, 0.29) is 6.71 Å². The molecule has 0 spiro atoms. The lowest BCUT2D eigenvalue weighted by atomic mass is 9.31. The van der Waals surface area contributed by atoms with Crippen molar-refractivity contribution in [1.82, 2.24) is 9.97 Å². The van der Waals surface area contributed by atoms with Gasteiger partial charge in [0.15, 0.2) is 0 Å². The molecule has 2 aliphatic heterocycles. The maximum atomic E-state index is 4.51. The van der Waals surface area contributed by atoms with Crippen LogP contribution in [0.25, 0.3) is 22.3 Å². The van der Waals surface area contributed by atoms with E-state index in [9.17, 15) is 0 Å². The standard InChI is InChI=1S/C32H23BN2/c1-19-4-2-7-27-28(19)16-22-5-3-6-26(31(22)27)23-14-24-12-20-8-10-34-17-29(20)33-30-18-35-11-9-21(30)13-25(15-23)32(24)33/h2-11,14-15,17-18H,12-13,16H2,1H3. The second-order valence-corrected chi connectivity index (χ2v) is 10.3. The van der Waals surface area contributed by atoms with E-state index in [2.05, 4.69) is 89.9 Å². The fraction of sp³-hybridized carbons (Fsp3) is 0.125. The molecule has 3 aliphatic rings. The summed E-state index contributed by atoms with van der Waals surface area (Å²) in [5, 5.41) is 0. The second kappa shape index (κ2) is 7.02. The Morgan fingerprint density at radius 1 is 0.657 bits per heavy atom. The third kappa shape index (κ3) is 2.67. The molecule has 5 aromatic rings. The number of fused-ring (bicyclic) bond motifs is 7. The number of rotatable bonds is 1. The van der Waals surface area contributed by atoms with E-state index >= 15 is 0 Å². The minimum atomic E-state index is 0.230. The fourth-order valence-corrected chi connectivity index (χ4v) is 6.87. The van der Waals surface area contributed by atoms with Crippen LogP contribution in [-0.4, -0.2) is 16.7 Å². The molecule has 3 heteroatoms. The maximum absolute atomic E-state index is 4.51. The van der Waals surface area contributed by atoms with Gasteiger partial charge in [0.1, 0.15) is 0 Å². The van der Waals surface area contributed by atoms with Gasteiger partial charge in [-0.2, -0.15) is 0 Å². The first-order valence-electron chi connectivity index (χ1n) is 12.5. The summed E-state index contributed by atoms with van der Waals surface area (Å²) in [5.74, 6) is 0. The van der Waals surface area contributed by atoms with Crippen molar-refractivity contribution < 1.29 is 0 Å². The normalized spacial score (nSPS) is 14.0. The van der Waals surface area contributed by atoms with E-state index < -0.39 is 0 Å². The average Bonchev–Trinajstić information content (AvgIpc) is 3.28. The molecule has 8 rings (SSSR count). The lowest BCUT2D eigenvalue weighted by molar-refractivity contribution is 1.13. The van der Waals surface area contributed by atoms with Crippen molar-refractivity contribution in [2.45, 2.75) is 26.2 Å². The zero-order chi connectivity index (χ0) is 23.1. The number of aromatic nitrogens is 2. The third-order valence-electron chi connectivity index (χ3n) is 8.42. The molecule has 0 radical (unpaired) electrons. The van der Waals surface area contributed by atoms with Crippen molar-refractivity contribution in [2.75, 3.05) is 0 Å². The first-order valence-corrected chi connectivity index (χ1v) is 12.5. The number of nitrogens with zero attached hydrogens (tertiary/aromatic N) is 2. The SMILES string of the molecule is Cc1cccc2c1Cc1cccc(-c3cc4c5c(c3)Cc3ccncc3B5c3cnccc3C4)c1-2.